The summed E-state index contributed by atoms with van der Waals surface area (Å²) in [5, 5.41) is 2.96. The number of carbonyl (C=O) groups excluding carboxylic acids is 2. The Morgan fingerprint density at radius 2 is 1.58 bits per heavy atom. The Morgan fingerprint density at radius 1 is 0.879 bits per heavy atom. The highest BCUT2D eigenvalue weighted by Crippen LogP contribution is 2.20. The van der Waals surface area contributed by atoms with Crippen molar-refractivity contribution >= 4 is 28.8 Å². The van der Waals surface area contributed by atoms with Crippen molar-refractivity contribution in [2.24, 2.45) is 0 Å². The first-order chi connectivity index (χ1) is 15.8. The van der Waals surface area contributed by atoms with Gasteiger partial charge in [0.2, 0.25) is 11.8 Å². The molecule has 2 aromatic carbocycles. The Bertz CT molecular complexity index is 1060. The van der Waals surface area contributed by atoms with Gasteiger partial charge >= 0.3 is 0 Å². The Hall–Kier alpha value is -2.96. The molecule has 0 aliphatic rings. The van der Waals surface area contributed by atoms with E-state index in [1.165, 1.54) is 20.2 Å². The van der Waals surface area contributed by atoms with Crippen LogP contribution in [-0.2, 0) is 22.6 Å². The second-order valence-corrected chi connectivity index (χ2v) is 9.90. The van der Waals surface area contributed by atoms with Gasteiger partial charge in [0.15, 0.2) is 0 Å². The van der Waals surface area contributed by atoms with Gasteiger partial charge in [0, 0.05) is 35.6 Å². The van der Waals surface area contributed by atoms with Crippen molar-refractivity contribution in [2.45, 2.75) is 33.7 Å². The molecule has 1 heterocycles. The summed E-state index contributed by atoms with van der Waals surface area (Å²) in [4.78, 5) is 31.8. The summed E-state index contributed by atoms with van der Waals surface area (Å²) in [5.41, 5.74) is 4.09. The van der Waals surface area contributed by atoms with Crippen molar-refractivity contribution in [3.8, 4) is 0 Å². The van der Waals surface area contributed by atoms with Crippen LogP contribution in [0.2, 0.25) is 0 Å². The molecule has 5 nitrogen and oxygen atoms in total. The fraction of sp³-hybridized carbons (Fsp3) is 0.333. The van der Waals surface area contributed by atoms with E-state index in [9.17, 15) is 9.59 Å². The van der Waals surface area contributed by atoms with E-state index in [1.807, 2.05) is 50.2 Å². The third kappa shape index (κ3) is 7.55. The second kappa shape index (κ2) is 11.8. The number of amides is 2. The Kier molecular flexibility index (Phi) is 8.80. The molecule has 0 unspecified atom stereocenters. The SMILES string of the molecule is Cc1ccc(CN(CCc2ccccc2)CC(=O)N(C)CC(=O)Nc2c(C)cccc2C)s1. The van der Waals surface area contributed by atoms with Gasteiger partial charge in [-0.25, -0.2) is 0 Å². The van der Waals surface area contributed by atoms with Crippen LogP contribution in [0.25, 0.3) is 0 Å². The summed E-state index contributed by atoms with van der Waals surface area (Å²) in [6, 6.07) is 20.4. The quantitative estimate of drug-likeness (QED) is 0.469. The van der Waals surface area contributed by atoms with Gasteiger partial charge in [-0.05, 0) is 56.0 Å². The van der Waals surface area contributed by atoms with Crippen molar-refractivity contribution in [3.05, 3.63) is 87.1 Å². The van der Waals surface area contributed by atoms with Crippen LogP contribution in [0.3, 0.4) is 0 Å². The van der Waals surface area contributed by atoms with Crippen LogP contribution < -0.4 is 5.32 Å². The first-order valence-electron chi connectivity index (χ1n) is 11.2. The van der Waals surface area contributed by atoms with E-state index in [0.29, 0.717) is 0 Å². The van der Waals surface area contributed by atoms with E-state index in [4.69, 9.17) is 0 Å². The van der Waals surface area contributed by atoms with Crippen molar-refractivity contribution in [1.29, 1.82) is 0 Å². The number of hydrogen-bond donors (Lipinski definition) is 1. The average Bonchev–Trinajstić information content (AvgIpc) is 3.19. The highest BCUT2D eigenvalue weighted by molar-refractivity contribution is 7.11. The van der Waals surface area contributed by atoms with Gasteiger partial charge in [0.05, 0.1) is 13.1 Å². The third-order valence-electron chi connectivity index (χ3n) is 5.65. The molecule has 3 rings (SSSR count). The van der Waals surface area contributed by atoms with E-state index in [-0.39, 0.29) is 24.9 Å². The molecule has 1 aromatic heterocycles. The fourth-order valence-corrected chi connectivity index (χ4v) is 4.68. The predicted molar refractivity (Wildman–Crippen MR) is 137 cm³/mol. The van der Waals surface area contributed by atoms with E-state index >= 15 is 0 Å². The number of thiophene rings is 1. The van der Waals surface area contributed by atoms with Gasteiger partial charge in [0.25, 0.3) is 0 Å². The van der Waals surface area contributed by atoms with Gasteiger partial charge in [0.1, 0.15) is 0 Å². The summed E-state index contributed by atoms with van der Waals surface area (Å²) in [6.07, 6.45) is 0.870. The van der Waals surface area contributed by atoms with Crippen LogP contribution in [0.5, 0.6) is 0 Å². The minimum absolute atomic E-state index is 0.0250. The lowest BCUT2D eigenvalue weighted by Crippen LogP contribution is -2.42. The number of likely N-dealkylation sites (N-methyl/N-ethyl adjacent to an activating group) is 1. The molecule has 0 aliphatic heterocycles. The monoisotopic (exact) mass is 463 g/mol. The molecule has 174 valence electrons. The van der Waals surface area contributed by atoms with Crippen LogP contribution in [0, 0.1) is 20.8 Å². The zero-order chi connectivity index (χ0) is 23.8. The average molecular weight is 464 g/mol. The van der Waals surface area contributed by atoms with E-state index in [2.05, 4.69) is 41.4 Å². The maximum Gasteiger partial charge on any atom is 0.243 e. The standard InChI is InChI=1S/C27H33N3O2S/c1-20-9-8-10-21(2)27(20)28-25(31)18-29(4)26(32)19-30(17-24-14-13-22(3)33-24)16-15-23-11-6-5-7-12-23/h5-14H,15-19H2,1-4H3,(H,28,31). The normalized spacial score (nSPS) is 10.9. The Morgan fingerprint density at radius 3 is 2.21 bits per heavy atom. The topological polar surface area (TPSA) is 52.7 Å². The molecule has 6 heteroatoms. The molecule has 0 aliphatic carbocycles. The molecule has 0 saturated carbocycles. The fourth-order valence-electron chi connectivity index (χ4n) is 3.74. The predicted octanol–water partition coefficient (Wildman–Crippen LogP) is 4.82. The van der Waals surface area contributed by atoms with Crippen LogP contribution in [0.4, 0.5) is 5.69 Å². The maximum absolute atomic E-state index is 13.0. The van der Waals surface area contributed by atoms with E-state index < -0.39 is 0 Å². The molecule has 0 fully saturated rings. The van der Waals surface area contributed by atoms with Crippen molar-refractivity contribution < 1.29 is 9.59 Å². The summed E-state index contributed by atoms with van der Waals surface area (Å²) in [7, 11) is 1.69. The number of carbonyl (C=O) groups is 2. The number of hydrogen-bond acceptors (Lipinski definition) is 4. The highest BCUT2D eigenvalue weighted by atomic mass is 32.1. The van der Waals surface area contributed by atoms with Crippen LogP contribution in [-0.4, -0.2) is 48.3 Å². The van der Waals surface area contributed by atoms with Crippen molar-refractivity contribution in [2.75, 3.05) is 32.0 Å². The molecule has 0 atom stereocenters. The molecular weight excluding hydrogens is 430 g/mol. The van der Waals surface area contributed by atoms with E-state index in [0.717, 1.165) is 36.3 Å². The zero-order valence-corrected chi connectivity index (χ0v) is 20.7. The number of nitrogens with one attached hydrogen (secondary N) is 1. The Labute approximate surface area is 201 Å². The molecular formula is C27H33N3O2S. The zero-order valence-electron chi connectivity index (χ0n) is 19.9. The molecule has 3 aromatic rings. The van der Waals surface area contributed by atoms with Crippen molar-refractivity contribution in [1.82, 2.24) is 9.80 Å². The van der Waals surface area contributed by atoms with Crippen LogP contribution in [0.1, 0.15) is 26.4 Å². The minimum atomic E-state index is -0.187. The minimum Gasteiger partial charge on any atom is -0.335 e. The number of anilines is 1. The molecule has 0 radical (unpaired) electrons. The molecule has 0 saturated heterocycles. The van der Waals surface area contributed by atoms with Gasteiger partial charge < -0.3 is 10.2 Å². The molecule has 2 amide bonds. The molecule has 0 bridgehead atoms. The van der Waals surface area contributed by atoms with E-state index in [1.54, 1.807) is 18.4 Å². The van der Waals surface area contributed by atoms with Gasteiger partial charge in [-0.1, -0.05) is 48.5 Å². The summed E-state index contributed by atoms with van der Waals surface area (Å²) in [5.74, 6) is -0.249. The van der Waals surface area contributed by atoms with Gasteiger partial charge in [-0.2, -0.15) is 0 Å². The van der Waals surface area contributed by atoms with Crippen LogP contribution in [0.15, 0.2) is 60.7 Å². The lowest BCUT2D eigenvalue weighted by molar-refractivity contribution is -0.134. The van der Waals surface area contributed by atoms with Crippen molar-refractivity contribution in [3.63, 3.8) is 0 Å². The largest absolute Gasteiger partial charge is 0.335 e. The molecule has 1 N–H and O–H groups in total. The highest BCUT2D eigenvalue weighted by Gasteiger charge is 2.18. The van der Waals surface area contributed by atoms with Gasteiger partial charge in [-0.15, -0.1) is 11.3 Å². The molecule has 0 spiro atoms. The van der Waals surface area contributed by atoms with Crippen LogP contribution >= 0.6 is 11.3 Å². The smallest absolute Gasteiger partial charge is 0.243 e. The second-order valence-electron chi connectivity index (χ2n) is 8.52. The number of aryl methyl sites for hydroxylation is 3. The lowest BCUT2D eigenvalue weighted by atomic mass is 10.1. The summed E-state index contributed by atoms with van der Waals surface area (Å²) < 4.78 is 0. The number of nitrogens with zero attached hydrogens (tertiary/aromatic N) is 2. The first-order valence-corrected chi connectivity index (χ1v) is 12.0. The molecule has 33 heavy (non-hydrogen) atoms. The summed E-state index contributed by atoms with van der Waals surface area (Å²) in [6.45, 7) is 7.82. The number of benzene rings is 2. The lowest BCUT2D eigenvalue weighted by Gasteiger charge is -2.25. The third-order valence-corrected chi connectivity index (χ3v) is 6.63. The summed E-state index contributed by atoms with van der Waals surface area (Å²) >= 11 is 1.76. The maximum atomic E-state index is 13.0. The first kappa shape index (κ1) is 24.7. The number of para-hydroxylation sites is 1. The number of rotatable bonds is 10. The van der Waals surface area contributed by atoms with Gasteiger partial charge in [-0.3, -0.25) is 14.5 Å². The Balaban J connectivity index is 1.60.